The van der Waals surface area contributed by atoms with Gasteiger partial charge in [0.25, 0.3) is 0 Å². The average molecular weight is 331 g/mol. The van der Waals surface area contributed by atoms with E-state index in [-0.39, 0.29) is 0 Å². The summed E-state index contributed by atoms with van der Waals surface area (Å²) in [5, 5.41) is 4.22. The lowest BCUT2D eigenvalue weighted by Crippen LogP contribution is -2.22. The Bertz CT molecular complexity index is 896. The second kappa shape index (κ2) is 5.56. The van der Waals surface area contributed by atoms with Crippen molar-refractivity contribution in [3.05, 3.63) is 82.6 Å². The molecule has 2 fully saturated rings. The first-order chi connectivity index (χ1) is 11.8. The molecule has 120 valence electrons. The Morgan fingerprint density at radius 1 is 1.08 bits per heavy atom. The molecular weight excluding hydrogens is 310 g/mol. The number of hydrogen-bond acceptors (Lipinski definition) is 2. The van der Waals surface area contributed by atoms with Gasteiger partial charge in [-0.05, 0) is 58.7 Å². The molecule has 0 radical (unpaired) electrons. The zero-order valence-corrected chi connectivity index (χ0v) is 14.6. The van der Waals surface area contributed by atoms with Gasteiger partial charge in [0, 0.05) is 18.0 Å². The van der Waals surface area contributed by atoms with Gasteiger partial charge in [-0.1, -0.05) is 49.0 Å². The molecule has 3 aliphatic rings. The minimum Gasteiger partial charge on any atom is -0.336 e. The lowest BCUT2D eigenvalue weighted by Gasteiger charge is -2.29. The highest BCUT2D eigenvalue weighted by atomic mass is 32.2. The van der Waals surface area contributed by atoms with Crippen LogP contribution < -0.4 is 0 Å². The first-order valence-corrected chi connectivity index (χ1v) is 9.81. The van der Waals surface area contributed by atoms with E-state index in [9.17, 15) is 0 Å². The minimum atomic E-state index is 0.780. The summed E-state index contributed by atoms with van der Waals surface area (Å²) in [5.74, 6) is 1.97. The Balaban J connectivity index is 1.59. The van der Waals surface area contributed by atoms with Crippen LogP contribution in [0.15, 0.2) is 77.0 Å². The number of benzene rings is 2. The fraction of sp³-hybridized carbons (Fsp3) is 0.273. The summed E-state index contributed by atoms with van der Waals surface area (Å²) in [6.07, 6.45) is 6.08. The summed E-state index contributed by atoms with van der Waals surface area (Å²) in [7, 11) is 0. The van der Waals surface area contributed by atoms with Gasteiger partial charge < -0.3 is 4.90 Å². The third kappa shape index (κ3) is 2.32. The van der Waals surface area contributed by atoms with Gasteiger partial charge in [-0.2, -0.15) is 0 Å². The van der Waals surface area contributed by atoms with Gasteiger partial charge >= 0.3 is 0 Å². The Kier molecular flexibility index (Phi) is 3.34. The number of fused-ring (bicyclic) bond motifs is 2. The lowest BCUT2D eigenvalue weighted by atomic mass is 9.90. The molecule has 0 unspecified atom stereocenters. The normalized spacial score (nSPS) is 20.6. The Hall–Kier alpha value is -1.93. The number of rotatable bonds is 3. The zero-order valence-electron chi connectivity index (χ0n) is 13.8. The number of nitrogens with zero attached hydrogens (tertiary/aromatic N) is 1. The Morgan fingerprint density at radius 3 is 2.79 bits per heavy atom. The molecule has 0 atom stereocenters. The second-order valence-electron chi connectivity index (χ2n) is 6.97. The molecule has 2 aliphatic heterocycles. The summed E-state index contributed by atoms with van der Waals surface area (Å²) in [6, 6.07) is 15.4. The van der Waals surface area contributed by atoms with Gasteiger partial charge in [0.1, 0.15) is 0 Å². The van der Waals surface area contributed by atoms with Crippen LogP contribution in [-0.2, 0) is 6.42 Å². The van der Waals surface area contributed by atoms with Gasteiger partial charge in [0.2, 0.25) is 0 Å². The molecule has 24 heavy (non-hydrogen) atoms. The first kappa shape index (κ1) is 14.4. The third-order valence-corrected chi connectivity index (χ3v) is 6.41. The molecule has 1 aliphatic carbocycles. The molecule has 2 aromatic carbocycles. The highest BCUT2D eigenvalue weighted by Crippen LogP contribution is 2.50. The van der Waals surface area contributed by atoms with Gasteiger partial charge in [0.05, 0.1) is 5.03 Å². The average Bonchev–Trinajstić information content (AvgIpc) is 3.31. The van der Waals surface area contributed by atoms with E-state index in [4.69, 9.17) is 0 Å². The predicted octanol–water partition coefficient (Wildman–Crippen LogP) is 5.51. The fourth-order valence-corrected chi connectivity index (χ4v) is 5.30. The van der Waals surface area contributed by atoms with Gasteiger partial charge in [0.15, 0.2) is 0 Å². The Morgan fingerprint density at radius 2 is 1.92 bits per heavy atom. The van der Waals surface area contributed by atoms with E-state index in [1.165, 1.54) is 51.2 Å². The summed E-state index contributed by atoms with van der Waals surface area (Å²) in [4.78, 5) is 2.44. The van der Waals surface area contributed by atoms with Crippen LogP contribution in [0.3, 0.4) is 0 Å². The summed E-state index contributed by atoms with van der Waals surface area (Å²) in [5.41, 5.74) is 5.73. The molecular formula is C22H21NS. The van der Waals surface area contributed by atoms with Crippen molar-refractivity contribution in [1.29, 1.82) is 0 Å². The van der Waals surface area contributed by atoms with E-state index in [1.54, 1.807) is 5.57 Å². The van der Waals surface area contributed by atoms with Crippen molar-refractivity contribution in [3.8, 4) is 0 Å². The number of hydrogen-bond donors (Lipinski definition) is 0. The summed E-state index contributed by atoms with van der Waals surface area (Å²) in [6.45, 7) is 5.45. The molecule has 0 N–H and O–H groups in total. The van der Waals surface area contributed by atoms with Crippen molar-refractivity contribution in [3.63, 3.8) is 0 Å². The van der Waals surface area contributed by atoms with Crippen LogP contribution in [-0.4, -0.2) is 17.2 Å². The van der Waals surface area contributed by atoms with Crippen molar-refractivity contribution in [2.24, 2.45) is 5.92 Å². The van der Waals surface area contributed by atoms with Crippen LogP contribution in [0.5, 0.6) is 0 Å². The van der Waals surface area contributed by atoms with Crippen molar-refractivity contribution >= 4 is 22.5 Å². The minimum absolute atomic E-state index is 0.780. The molecule has 5 rings (SSSR count). The topological polar surface area (TPSA) is 3.24 Å². The largest absolute Gasteiger partial charge is 0.336 e. The van der Waals surface area contributed by atoms with Crippen LogP contribution in [0.25, 0.3) is 10.8 Å². The highest BCUT2D eigenvalue weighted by Gasteiger charge is 2.37. The molecule has 0 bridgehead atoms. The molecule has 2 aromatic rings. The van der Waals surface area contributed by atoms with E-state index in [0.29, 0.717) is 0 Å². The molecule has 0 amide bonds. The van der Waals surface area contributed by atoms with Crippen molar-refractivity contribution < 1.29 is 0 Å². The van der Waals surface area contributed by atoms with Crippen molar-refractivity contribution in [2.45, 2.75) is 19.3 Å². The SMILES string of the molecule is C=C1C=C(Cc2cccc3ccccc23)C(C2CC2)=C2SCCN12. The molecule has 1 saturated carbocycles. The van der Waals surface area contributed by atoms with Crippen LogP contribution in [0, 0.1) is 5.92 Å². The zero-order chi connectivity index (χ0) is 16.1. The maximum atomic E-state index is 4.33. The fourth-order valence-electron chi connectivity index (χ4n) is 4.01. The quantitative estimate of drug-likeness (QED) is 0.730. The highest BCUT2D eigenvalue weighted by molar-refractivity contribution is 8.03. The Labute approximate surface area is 147 Å². The van der Waals surface area contributed by atoms with Crippen LogP contribution in [0.2, 0.25) is 0 Å². The van der Waals surface area contributed by atoms with Gasteiger partial charge in [-0.25, -0.2) is 0 Å². The maximum absolute atomic E-state index is 4.33. The van der Waals surface area contributed by atoms with Crippen LogP contribution in [0.1, 0.15) is 18.4 Å². The third-order valence-electron chi connectivity index (χ3n) is 5.31. The van der Waals surface area contributed by atoms with Gasteiger partial charge in [-0.15, -0.1) is 11.8 Å². The second-order valence-corrected chi connectivity index (χ2v) is 8.05. The first-order valence-electron chi connectivity index (χ1n) is 8.82. The van der Waals surface area contributed by atoms with Crippen LogP contribution >= 0.6 is 11.8 Å². The maximum Gasteiger partial charge on any atom is 0.0791 e. The van der Waals surface area contributed by atoms with E-state index in [1.807, 2.05) is 11.8 Å². The number of allylic oxidation sites excluding steroid dienone is 3. The standard InChI is InChI=1S/C22H21NS/c1-15-13-19(21(17-9-10-17)22-23(15)11-12-24-22)14-18-7-4-6-16-5-2-3-8-20(16)18/h2-8,13,17H,1,9-12,14H2. The molecule has 0 aromatic heterocycles. The predicted molar refractivity (Wildman–Crippen MR) is 104 cm³/mol. The van der Waals surface area contributed by atoms with Crippen molar-refractivity contribution in [2.75, 3.05) is 12.3 Å². The summed E-state index contributed by atoms with van der Waals surface area (Å²) >= 11 is 2.03. The molecule has 1 saturated heterocycles. The molecule has 0 spiro atoms. The number of thioether (sulfide) groups is 1. The lowest BCUT2D eigenvalue weighted by molar-refractivity contribution is 0.502. The van der Waals surface area contributed by atoms with E-state index in [0.717, 1.165) is 18.9 Å². The summed E-state index contributed by atoms with van der Waals surface area (Å²) < 4.78 is 0. The molecule has 1 nitrogen and oxygen atoms in total. The van der Waals surface area contributed by atoms with E-state index >= 15 is 0 Å². The molecule has 2 heterocycles. The van der Waals surface area contributed by atoms with E-state index < -0.39 is 0 Å². The molecule has 2 heteroatoms. The van der Waals surface area contributed by atoms with Gasteiger partial charge in [-0.3, -0.25) is 0 Å². The van der Waals surface area contributed by atoms with Crippen molar-refractivity contribution in [1.82, 2.24) is 4.90 Å². The van der Waals surface area contributed by atoms with Crippen LogP contribution in [0.4, 0.5) is 0 Å². The van der Waals surface area contributed by atoms with E-state index in [2.05, 4.69) is 60.0 Å². The smallest absolute Gasteiger partial charge is 0.0791 e. The monoisotopic (exact) mass is 331 g/mol.